The molecule has 8 nitrogen and oxygen atoms in total. The van der Waals surface area contributed by atoms with Crippen LogP contribution in [0.25, 0.3) is 0 Å². The average Bonchev–Trinajstić information content (AvgIpc) is 3.10. The van der Waals surface area contributed by atoms with Crippen molar-refractivity contribution >= 4 is 12.1 Å². The van der Waals surface area contributed by atoms with Gasteiger partial charge in [-0.05, 0) is 47.5 Å². The van der Waals surface area contributed by atoms with Crippen molar-refractivity contribution in [1.29, 1.82) is 0 Å². The molecular weight excluding hydrogens is 334 g/mol. The van der Waals surface area contributed by atoms with Crippen LogP contribution in [0.5, 0.6) is 0 Å². The first kappa shape index (κ1) is 20.1. The van der Waals surface area contributed by atoms with E-state index >= 15 is 0 Å². The van der Waals surface area contributed by atoms with Gasteiger partial charge in [-0.3, -0.25) is 4.99 Å². The molecule has 26 heavy (non-hydrogen) atoms. The summed E-state index contributed by atoms with van der Waals surface area (Å²) >= 11 is 0. The van der Waals surface area contributed by atoms with Gasteiger partial charge in [0.2, 0.25) is 0 Å². The summed E-state index contributed by atoms with van der Waals surface area (Å²) < 4.78 is 10.5. The van der Waals surface area contributed by atoms with Gasteiger partial charge in [0.1, 0.15) is 11.4 Å². The molecule has 146 valence electrons. The molecule has 0 aliphatic carbocycles. The van der Waals surface area contributed by atoms with E-state index < -0.39 is 5.60 Å². The number of alkyl carbamates (subject to hydrolysis) is 1. The number of nitrogens with zero attached hydrogens (tertiary/aromatic N) is 3. The quantitative estimate of drug-likeness (QED) is 0.626. The highest BCUT2D eigenvalue weighted by molar-refractivity contribution is 5.80. The zero-order valence-electron chi connectivity index (χ0n) is 16.7. The molecule has 0 aromatic carbocycles. The lowest BCUT2D eigenvalue weighted by atomic mass is 10.1. The highest BCUT2D eigenvalue weighted by Gasteiger charge is 2.27. The van der Waals surface area contributed by atoms with E-state index in [1.165, 1.54) is 0 Å². The van der Waals surface area contributed by atoms with Gasteiger partial charge in [0.05, 0.1) is 11.7 Å². The Morgan fingerprint density at radius 2 is 2.15 bits per heavy atom. The molecule has 1 fully saturated rings. The summed E-state index contributed by atoms with van der Waals surface area (Å²) in [5.74, 6) is 1.70. The van der Waals surface area contributed by atoms with Crippen LogP contribution in [0.2, 0.25) is 0 Å². The Morgan fingerprint density at radius 1 is 1.42 bits per heavy atom. The minimum Gasteiger partial charge on any atom is -0.444 e. The highest BCUT2D eigenvalue weighted by Crippen LogP contribution is 2.14. The first-order valence-corrected chi connectivity index (χ1v) is 9.06. The van der Waals surface area contributed by atoms with Crippen LogP contribution in [0.4, 0.5) is 4.79 Å². The van der Waals surface area contributed by atoms with E-state index in [9.17, 15) is 4.79 Å². The first-order chi connectivity index (χ1) is 12.2. The van der Waals surface area contributed by atoms with E-state index in [2.05, 4.69) is 25.7 Å². The number of aliphatic imine (C=N–C) groups is 1. The van der Waals surface area contributed by atoms with Gasteiger partial charge in [0.15, 0.2) is 5.96 Å². The van der Waals surface area contributed by atoms with Crippen LogP contribution in [0, 0.1) is 13.8 Å². The van der Waals surface area contributed by atoms with Crippen LogP contribution >= 0.6 is 0 Å². The minimum absolute atomic E-state index is 0.0611. The van der Waals surface area contributed by atoms with Gasteiger partial charge in [0.25, 0.3) is 0 Å². The van der Waals surface area contributed by atoms with Crippen molar-refractivity contribution < 1.29 is 14.1 Å². The third kappa shape index (κ3) is 5.64. The number of hydrogen-bond donors (Lipinski definition) is 2. The number of aryl methyl sites for hydroxylation is 2. The summed E-state index contributed by atoms with van der Waals surface area (Å²) in [7, 11) is 1.77. The standard InChI is InChI=1S/C18H31N5O3/c1-12-15(13(2)26-22-12)7-9-20-16(19-6)23-10-8-14(11-23)21-17(24)25-18(3,4)5/h14H,7-11H2,1-6H3,(H,19,20)(H,21,24). The largest absolute Gasteiger partial charge is 0.444 e. The maximum Gasteiger partial charge on any atom is 0.407 e. The summed E-state index contributed by atoms with van der Waals surface area (Å²) in [6.45, 7) is 11.8. The summed E-state index contributed by atoms with van der Waals surface area (Å²) in [5.41, 5.74) is 1.58. The summed E-state index contributed by atoms with van der Waals surface area (Å²) in [4.78, 5) is 18.4. The number of carbonyl (C=O) groups is 1. The fraction of sp³-hybridized carbons (Fsp3) is 0.722. The van der Waals surface area contributed by atoms with Crippen LogP contribution in [0.1, 0.15) is 44.2 Å². The van der Waals surface area contributed by atoms with E-state index in [0.717, 1.165) is 48.9 Å². The minimum atomic E-state index is -0.488. The summed E-state index contributed by atoms with van der Waals surface area (Å²) in [5, 5.41) is 10.3. The Balaban J connectivity index is 1.79. The molecule has 1 amide bonds. The van der Waals surface area contributed by atoms with Crippen molar-refractivity contribution in [2.75, 3.05) is 26.7 Å². The Morgan fingerprint density at radius 3 is 2.73 bits per heavy atom. The normalized spacial score (nSPS) is 18.2. The second kappa shape index (κ2) is 8.42. The third-order valence-electron chi connectivity index (χ3n) is 4.26. The second-order valence-corrected chi connectivity index (χ2v) is 7.60. The molecule has 1 aliphatic rings. The number of carbonyl (C=O) groups excluding carboxylic acids is 1. The van der Waals surface area contributed by atoms with Crippen LogP contribution in [0.3, 0.4) is 0 Å². The zero-order chi connectivity index (χ0) is 19.3. The van der Waals surface area contributed by atoms with E-state index in [1.807, 2.05) is 34.6 Å². The van der Waals surface area contributed by atoms with Crippen molar-refractivity contribution in [3.8, 4) is 0 Å². The predicted molar refractivity (Wildman–Crippen MR) is 100 cm³/mol. The Labute approximate surface area is 155 Å². The number of likely N-dealkylation sites (tertiary alicyclic amines) is 1. The lowest BCUT2D eigenvalue weighted by molar-refractivity contribution is 0.0507. The molecule has 1 aromatic rings. The number of nitrogens with one attached hydrogen (secondary N) is 2. The van der Waals surface area contributed by atoms with Crippen molar-refractivity contribution in [3.05, 3.63) is 17.0 Å². The molecule has 1 saturated heterocycles. The molecule has 2 heterocycles. The van der Waals surface area contributed by atoms with Crippen molar-refractivity contribution in [2.45, 2.75) is 59.1 Å². The molecule has 1 aromatic heterocycles. The maximum absolute atomic E-state index is 11.9. The third-order valence-corrected chi connectivity index (χ3v) is 4.26. The second-order valence-electron chi connectivity index (χ2n) is 7.60. The van der Waals surface area contributed by atoms with Gasteiger partial charge in [-0.2, -0.15) is 0 Å². The summed E-state index contributed by atoms with van der Waals surface area (Å²) in [6.07, 6.45) is 1.32. The van der Waals surface area contributed by atoms with Crippen LogP contribution in [-0.4, -0.2) is 60.4 Å². The molecule has 0 radical (unpaired) electrons. The first-order valence-electron chi connectivity index (χ1n) is 9.06. The van der Waals surface area contributed by atoms with Crippen LogP contribution in [0.15, 0.2) is 9.52 Å². The number of hydrogen-bond acceptors (Lipinski definition) is 5. The molecule has 1 unspecified atom stereocenters. The Kier molecular flexibility index (Phi) is 6.50. The van der Waals surface area contributed by atoms with Crippen molar-refractivity contribution in [2.24, 2.45) is 4.99 Å². The van der Waals surface area contributed by atoms with E-state index in [4.69, 9.17) is 9.26 Å². The number of amides is 1. The molecule has 0 saturated carbocycles. The van der Waals surface area contributed by atoms with Crippen molar-refractivity contribution in [3.63, 3.8) is 0 Å². The topological polar surface area (TPSA) is 92.0 Å². The van der Waals surface area contributed by atoms with Gasteiger partial charge in [-0.15, -0.1) is 0 Å². The van der Waals surface area contributed by atoms with Gasteiger partial charge in [-0.25, -0.2) is 4.79 Å². The number of aromatic nitrogens is 1. The summed E-state index contributed by atoms with van der Waals surface area (Å²) in [6, 6.07) is 0.0611. The highest BCUT2D eigenvalue weighted by atomic mass is 16.6. The monoisotopic (exact) mass is 365 g/mol. The van der Waals surface area contributed by atoms with E-state index in [0.29, 0.717) is 6.54 Å². The Bertz CT molecular complexity index is 628. The SMILES string of the molecule is CN=C(NCCc1c(C)noc1C)N1CCC(NC(=O)OC(C)(C)C)C1. The average molecular weight is 365 g/mol. The number of ether oxygens (including phenoxy) is 1. The predicted octanol–water partition coefficient (Wildman–Crippen LogP) is 2.01. The molecular formula is C18H31N5O3. The lowest BCUT2D eigenvalue weighted by Gasteiger charge is -2.23. The number of rotatable bonds is 4. The van der Waals surface area contributed by atoms with Gasteiger partial charge < -0.3 is 24.8 Å². The molecule has 0 bridgehead atoms. The van der Waals surface area contributed by atoms with Gasteiger partial charge >= 0.3 is 6.09 Å². The lowest BCUT2D eigenvalue weighted by Crippen LogP contribution is -2.44. The van der Waals surface area contributed by atoms with Gasteiger partial charge in [-0.1, -0.05) is 5.16 Å². The van der Waals surface area contributed by atoms with Crippen LogP contribution in [-0.2, 0) is 11.2 Å². The fourth-order valence-electron chi connectivity index (χ4n) is 3.04. The molecule has 1 aliphatic heterocycles. The van der Waals surface area contributed by atoms with Gasteiger partial charge in [0, 0.05) is 32.2 Å². The molecule has 2 rings (SSSR count). The van der Waals surface area contributed by atoms with E-state index in [1.54, 1.807) is 7.05 Å². The number of guanidine groups is 1. The molecule has 8 heteroatoms. The molecule has 0 spiro atoms. The fourth-order valence-corrected chi connectivity index (χ4v) is 3.04. The van der Waals surface area contributed by atoms with E-state index in [-0.39, 0.29) is 12.1 Å². The zero-order valence-corrected chi connectivity index (χ0v) is 16.7. The van der Waals surface area contributed by atoms with Crippen LogP contribution < -0.4 is 10.6 Å². The Hall–Kier alpha value is -2.25. The molecule has 2 N–H and O–H groups in total. The maximum atomic E-state index is 11.9. The van der Waals surface area contributed by atoms with Crippen molar-refractivity contribution in [1.82, 2.24) is 20.7 Å². The molecule has 1 atom stereocenters. The smallest absolute Gasteiger partial charge is 0.407 e.